The number of likely N-dealkylation sites (tertiary alicyclic amines) is 1. The van der Waals surface area contributed by atoms with E-state index in [1.165, 1.54) is 19.4 Å². The Balaban J connectivity index is 2.43. The maximum atomic E-state index is 6.21. The lowest BCUT2D eigenvalue weighted by Gasteiger charge is -2.40. The zero-order chi connectivity index (χ0) is 12.2. The number of hydrogen-bond donors (Lipinski definition) is 1. The van der Waals surface area contributed by atoms with E-state index in [-0.39, 0.29) is 5.60 Å². The van der Waals surface area contributed by atoms with Crippen LogP contribution in [0.25, 0.3) is 0 Å². The topological polar surface area (TPSA) is 38.5 Å². The van der Waals surface area contributed by atoms with Crippen LogP contribution in [-0.4, -0.2) is 43.3 Å². The Morgan fingerprint density at radius 2 is 2.19 bits per heavy atom. The molecule has 3 atom stereocenters. The van der Waals surface area contributed by atoms with Crippen LogP contribution in [0, 0.1) is 5.92 Å². The predicted molar refractivity (Wildman–Crippen MR) is 68.5 cm³/mol. The molecule has 0 radical (unpaired) electrons. The summed E-state index contributed by atoms with van der Waals surface area (Å²) < 4.78 is 5.59. The number of nitrogens with zero attached hydrogens (tertiary/aromatic N) is 1. The molecule has 0 bridgehead atoms. The quantitative estimate of drug-likeness (QED) is 0.780. The molecule has 3 unspecified atom stereocenters. The molecule has 1 heterocycles. The summed E-state index contributed by atoms with van der Waals surface area (Å²) in [6, 6.07) is 0.296. The molecule has 0 amide bonds. The van der Waals surface area contributed by atoms with Gasteiger partial charge in [-0.1, -0.05) is 20.3 Å². The second kappa shape index (κ2) is 5.99. The van der Waals surface area contributed by atoms with E-state index in [1.54, 1.807) is 0 Å². The van der Waals surface area contributed by atoms with E-state index in [4.69, 9.17) is 10.5 Å². The van der Waals surface area contributed by atoms with E-state index in [1.807, 2.05) is 7.11 Å². The molecule has 96 valence electrons. The van der Waals surface area contributed by atoms with Gasteiger partial charge in [0, 0.05) is 26.2 Å². The van der Waals surface area contributed by atoms with Gasteiger partial charge in [0.1, 0.15) is 0 Å². The number of hydrogen-bond acceptors (Lipinski definition) is 3. The Bertz CT molecular complexity index is 210. The van der Waals surface area contributed by atoms with Gasteiger partial charge in [-0.05, 0) is 32.2 Å². The van der Waals surface area contributed by atoms with Crippen LogP contribution in [0.1, 0.15) is 40.0 Å². The van der Waals surface area contributed by atoms with Gasteiger partial charge >= 0.3 is 0 Å². The summed E-state index contributed by atoms with van der Waals surface area (Å²) in [5, 5.41) is 0. The SMILES string of the molecule is CCC(C)C(N)CN1CCCC(C)(OC)C1. The first-order valence-electron chi connectivity index (χ1n) is 6.54. The summed E-state index contributed by atoms with van der Waals surface area (Å²) in [6.45, 7) is 9.85. The first-order valence-corrected chi connectivity index (χ1v) is 6.54. The van der Waals surface area contributed by atoms with Crippen molar-refractivity contribution in [3.8, 4) is 0 Å². The highest BCUT2D eigenvalue weighted by Gasteiger charge is 2.31. The van der Waals surface area contributed by atoms with Crippen molar-refractivity contribution in [3.63, 3.8) is 0 Å². The summed E-state index contributed by atoms with van der Waals surface area (Å²) in [4.78, 5) is 2.46. The Morgan fingerprint density at radius 3 is 2.75 bits per heavy atom. The number of piperidine rings is 1. The van der Waals surface area contributed by atoms with Gasteiger partial charge in [-0.25, -0.2) is 0 Å². The average Bonchev–Trinajstić information content (AvgIpc) is 2.28. The monoisotopic (exact) mass is 228 g/mol. The van der Waals surface area contributed by atoms with Crippen molar-refractivity contribution in [3.05, 3.63) is 0 Å². The highest BCUT2D eigenvalue weighted by Crippen LogP contribution is 2.24. The number of nitrogens with two attached hydrogens (primary N) is 1. The van der Waals surface area contributed by atoms with Gasteiger partial charge in [0.2, 0.25) is 0 Å². The standard InChI is InChI=1S/C13H28N2O/c1-5-11(2)12(14)9-15-8-6-7-13(3,10-15)16-4/h11-12H,5-10,14H2,1-4H3. The fourth-order valence-electron chi connectivity index (χ4n) is 2.41. The van der Waals surface area contributed by atoms with Gasteiger partial charge in [-0.3, -0.25) is 4.90 Å². The van der Waals surface area contributed by atoms with Crippen molar-refractivity contribution >= 4 is 0 Å². The maximum Gasteiger partial charge on any atom is 0.0777 e. The van der Waals surface area contributed by atoms with Gasteiger partial charge in [-0.2, -0.15) is 0 Å². The summed E-state index contributed by atoms with van der Waals surface area (Å²) >= 11 is 0. The smallest absolute Gasteiger partial charge is 0.0777 e. The Morgan fingerprint density at radius 1 is 1.50 bits per heavy atom. The minimum atomic E-state index is 0.0351. The van der Waals surface area contributed by atoms with Crippen molar-refractivity contribution in [2.24, 2.45) is 11.7 Å². The van der Waals surface area contributed by atoms with E-state index in [9.17, 15) is 0 Å². The molecular weight excluding hydrogens is 200 g/mol. The second-order valence-electron chi connectivity index (χ2n) is 5.54. The highest BCUT2D eigenvalue weighted by atomic mass is 16.5. The zero-order valence-electron chi connectivity index (χ0n) is 11.3. The third-order valence-electron chi connectivity index (χ3n) is 4.07. The lowest BCUT2D eigenvalue weighted by molar-refractivity contribution is -0.0525. The summed E-state index contributed by atoms with van der Waals surface area (Å²) in [7, 11) is 1.82. The first kappa shape index (κ1) is 13.9. The third kappa shape index (κ3) is 3.72. The summed E-state index contributed by atoms with van der Waals surface area (Å²) in [6.07, 6.45) is 3.55. The molecule has 0 spiro atoms. The van der Waals surface area contributed by atoms with Crippen molar-refractivity contribution in [2.75, 3.05) is 26.7 Å². The number of methoxy groups -OCH3 is 1. The molecule has 3 nitrogen and oxygen atoms in total. The minimum absolute atomic E-state index is 0.0351. The van der Waals surface area contributed by atoms with Crippen LogP contribution in [0.3, 0.4) is 0 Å². The molecule has 1 aliphatic rings. The Labute approximate surface area is 100 Å². The van der Waals surface area contributed by atoms with Gasteiger partial charge < -0.3 is 10.5 Å². The molecule has 2 N–H and O–H groups in total. The first-order chi connectivity index (χ1) is 7.50. The fourth-order valence-corrected chi connectivity index (χ4v) is 2.41. The lowest BCUT2D eigenvalue weighted by Crippen LogP contribution is -2.51. The molecule has 1 rings (SSSR count). The lowest BCUT2D eigenvalue weighted by atomic mass is 9.93. The normalized spacial score (nSPS) is 31.3. The van der Waals surface area contributed by atoms with Crippen LogP contribution in [0.15, 0.2) is 0 Å². The van der Waals surface area contributed by atoms with Crippen LogP contribution >= 0.6 is 0 Å². The number of ether oxygens (including phenoxy) is 1. The highest BCUT2D eigenvalue weighted by molar-refractivity contribution is 4.86. The molecule has 16 heavy (non-hydrogen) atoms. The average molecular weight is 228 g/mol. The minimum Gasteiger partial charge on any atom is -0.377 e. The van der Waals surface area contributed by atoms with E-state index in [0.717, 1.165) is 19.5 Å². The molecule has 1 aliphatic heterocycles. The van der Waals surface area contributed by atoms with Crippen molar-refractivity contribution in [2.45, 2.75) is 51.7 Å². The van der Waals surface area contributed by atoms with Crippen molar-refractivity contribution in [1.29, 1.82) is 0 Å². The fraction of sp³-hybridized carbons (Fsp3) is 1.00. The molecule has 1 fully saturated rings. The number of rotatable bonds is 5. The van der Waals surface area contributed by atoms with Crippen LogP contribution in [-0.2, 0) is 4.74 Å². The summed E-state index contributed by atoms with van der Waals surface area (Å²) in [5.74, 6) is 0.607. The molecular formula is C13H28N2O. The second-order valence-corrected chi connectivity index (χ2v) is 5.54. The predicted octanol–water partition coefficient (Wildman–Crippen LogP) is 1.86. The van der Waals surface area contributed by atoms with E-state index in [2.05, 4.69) is 25.7 Å². The van der Waals surface area contributed by atoms with Crippen molar-refractivity contribution in [1.82, 2.24) is 4.90 Å². The molecule has 0 aromatic rings. The van der Waals surface area contributed by atoms with Crippen molar-refractivity contribution < 1.29 is 4.74 Å². The third-order valence-corrected chi connectivity index (χ3v) is 4.07. The van der Waals surface area contributed by atoms with Gasteiger partial charge in [0.15, 0.2) is 0 Å². The Kier molecular flexibility index (Phi) is 5.22. The maximum absolute atomic E-state index is 6.21. The van der Waals surface area contributed by atoms with Gasteiger partial charge in [-0.15, -0.1) is 0 Å². The van der Waals surface area contributed by atoms with Gasteiger partial charge in [0.25, 0.3) is 0 Å². The van der Waals surface area contributed by atoms with Crippen LogP contribution in [0.5, 0.6) is 0 Å². The van der Waals surface area contributed by atoms with E-state index >= 15 is 0 Å². The van der Waals surface area contributed by atoms with Gasteiger partial charge in [0.05, 0.1) is 5.60 Å². The molecule has 0 aromatic carbocycles. The molecule has 0 aromatic heterocycles. The van der Waals surface area contributed by atoms with E-state index in [0.29, 0.717) is 12.0 Å². The molecule has 3 heteroatoms. The molecule has 0 saturated carbocycles. The van der Waals surface area contributed by atoms with E-state index < -0.39 is 0 Å². The van der Waals surface area contributed by atoms with Crippen LogP contribution < -0.4 is 5.73 Å². The van der Waals surface area contributed by atoms with Crippen LogP contribution in [0.4, 0.5) is 0 Å². The largest absolute Gasteiger partial charge is 0.377 e. The summed E-state index contributed by atoms with van der Waals surface area (Å²) in [5.41, 5.74) is 6.24. The molecule has 0 aliphatic carbocycles. The van der Waals surface area contributed by atoms with Crippen LogP contribution in [0.2, 0.25) is 0 Å². The Hall–Kier alpha value is -0.120. The molecule has 1 saturated heterocycles. The zero-order valence-corrected chi connectivity index (χ0v) is 11.3.